The van der Waals surface area contributed by atoms with Gasteiger partial charge in [-0.3, -0.25) is 13.6 Å². The molecular weight excluding hydrogens is 494 g/mol. The van der Waals surface area contributed by atoms with E-state index >= 15 is 0 Å². The van der Waals surface area contributed by atoms with Gasteiger partial charge in [0, 0.05) is 17.8 Å². The van der Waals surface area contributed by atoms with Gasteiger partial charge in [-0.2, -0.15) is 4.31 Å². The van der Waals surface area contributed by atoms with Gasteiger partial charge in [0.15, 0.2) is 0 Å². The number of hydrogen-bond acceptors (Lipinski definition) is 8. The summed E-state index contributed by atoms with van der Waals surface area (Å²) in [6.45, 7) is 9.17. The molecule has 0 aromatic rings. The zero-order valence-corrected chi connectivity index (χ0v) is 24.9. The SMILES string of the molecule is CCCCCCOP(=O)(OCCCCCC)OP(=O)(OCCCCCC)OSCCCCCC. The molecular formula is C24H52O7P2S. The van der Waals surface area contributed by atoms with Crippen molar-refractivity contribution >= 4 is 27.7 Å². The van der Waals surface area contributed by atoms with Crippen LogP contribution in [0.1, 0.15) is 130 Å². The number of rotatable bonds is 27. The van der Waals surface area contributed by atoms with Gasteiger partial charge in [0.25, 0.3) is 0 Å². The van der Waals surface area contributed by atoms with Crippen LogP contribution in [-0.2, 0) is 31.0 Å². The third kappa shape index (κ3) is 20.8. The fourth-order valence-electron chi connectivity index (χ4n) is 3.07. The van der Waals surface area contributed by atoms with E-state index in [0.717, 1.165) is 115 Å². The number of phosphoric ester groups is 1. The molecule has 0 heterocycles. The Hall–Kier alpha value is 0.610. The van der Waals surface area contributed by atoms with Crippen LogP contribution in [0, 0.1) is 0 Å². The number of unbranched alkanes of at least 4 members (excludes halogenated alkanes) is 12. The van der Waals surface area contributed by atoms with Crippen LogP contribution in [0.2, 0.25) is 0 Å². The van der Waals surface area contributed by atoms with Crippen molar-refractivity contribution < 1.29 is 31.0 Å². The first-order valence-corrected chi connectivity index (χ1v) is 17.4. The standard InChI is InChI=1S/C24H52O7P2S/c1-5-9-13-17-21-27-32(25,28-22-18-14-10-6-2)30-33(26,29-23-19-15-11-7-3)31-34-24-20-16-12-8-4/h5-24H2,1-4H3. The van der Waals surface area contributed by atoms with E-state index in [1.165, 1.54) is 0 Å². The van der Waals surface area contributed by atoms with Gasteiger partial charge in [-0.1, -0.05) is 105 Å². The largest absolute Gasteiger partial charge is 0.494 e. The molecule has 0 aliphatic heterocycles. The third-order valence-corrected chi connectivity index (χ3v) is 9.87. The minimum absolute atomic E-state index is 0.209. The van der Waals surface area contributed by atoms with Crippen molar-refractivity contribution in [3.63, 3.8) is 0 Å². The Kier molecular flexibility index (Phi) is 24.4. The maximum Gasteiger partial charge on any atom is 0.494 e. The molecule has 0 spiro atoms. The quantitative estimate of drug-likeness (QED) is 0.0572. The van der Waals surface area contributed by atoms with E-state index in [1.807, 2.05) is 0 Å². The van der Waals surface area contributed by atoms with Crippen LogP contribution in [0.5, 0.6) is 0 Å². The molecule has 0 rings (SSSR count). The Balaban J connectivity index is 5.04. The van der Waals surface area contributed by atoms with Crippen molar-refractivity contribution in [1.29, 1.82) is 0 Å². The highest BCUT2D eigenvalue weighted by Gasteiger charge is 2.41. The van der Waals surface area contributed by atoms with E-state index in [9.17, 15) is 9.13 Å². The van der Waals surface area contributed by atoms with Crippen LogP contribution < -0.4 is 0 Å². The maximum absolute atomic E-state index is 13.4. The van der Waals surface area contributed by atoms with Gasteiger partial charge < -0.3 is 0 Å². The zero-order chi connectivity index (χ0) is 25.4. The molecule has 0 aromatic carbocycles. The lowest BCUT2D eigenvalue weighted by Crippen LogP contribution is -2.05. The maximum atomic E-state index is 13.4. The Morgan fingerprint density at radius 3 is 1.29 bits per heavy atom. The first-order valence-electron chi connectivity index (χ1n) is 13.6. The van der Waals surface area contributed by atoms with E-state index in [0.29, 0.717) is 5.75 Å². The van der Waals surface area contributed by atoms with Crippen LogP contribution in [0.3, 0.4) is 0 Å². The Bertz CT molecular complexity index is 519. The predicted molar refractivity (Wildman–Crippen MR) is 144 cm³/mol. The molecule has 34 heavy (non-hydrogen) atoms. The molecule has 0 radical (unpaired) electrons. The van der Waals surface area contributed by atoms with E-state index in [2.05, 4.69) is 27.7 Å². The highest BCUT2D eigenvalue weighted by atomic mass is 32.2. The Morgan fingerprint density at radius 1 is 0.500 bits per heavy atom. The first kappa shape index (κ1) is 34.6. The lowest BCUT2D eigenvalue weighted by molar-refractivity contribution is 0.128. The Labute approximate surface area is 214 Å². The van der Waals surface area contributed by atoms with Crippen LogP contribution in [-0.4, -0.2) is 25.6 Å². The first-order chi connectivity index (χ1) is 16.4. The smallest absolute Gasteiger partial charge is 0.287 e. The number of phosphoric acid groups is 2. The summed E-state index contributed by atoms with van der Waals surface area (Å²) in [5, 5.41) is 0. The molecule has 206 valence electrons. The van der Waals surface area contributed by atoms with Crippen LogP contribution >= 0.6 is 27.7 Å². The normalized spacial score (nSPS) is 13.9. The molecule has 1 atom stereocenters. The minimum atomic E-state index is -4.12. The zero-order valence-electron chi connectivity index (χ0n) is 22.3. The summed E-state index contributed by atoms with van der Waals surface area (Å²) in [5.74, 6) is 0.659. The van der Waals surface area contributed by atoms with Gasteiger partial charge in [0.05, 0.1) is 19.8 Å². The molecule has 1 unspecified atom stereocenters. The van der Waals surface area contributed by atoms with E-state index in [1.54, 1.807) is 0 Å². The molecule has 0 aromatic heterocycles. The summed E-state index contributed by atoms with van der Waals surface area (Å²) in [7, 11) is -8.21. The van der Waals surface area contributed by atoms with Gasteiger partial charge in [0.1, 0.15) is 0 Å². The van der Waals surface area contributed by atoms with Gasteiger partial charge in [-0.05, 0) is 25.7 Å². The molecule has 7 nitrogen and oxygen atoms in total. The van der Waals surface area contributed by atoms with Gasteiger partial charge in [-0.25, -0.2) is 13.1 Å². The molecule has 0 amide bonds. The summed E-state index contributed by atoms with van der Waals surface area (Å²) >= 11 is 1.04. The third-order valence-electron chi connectivity index (χ3n) is 5.17. The van der Waals surface area contributed by atoms with Crippen molar-refractivity contribution in [2.24, 2.45) is 0 Å². The average Bonchev–Trinajstić information content (AvgIpc) is 2.81. The lowest BCUT2D eigenvalue weighted by Gasteiger charge is -2.23. The molecule has 0 fully saturated rings. The molecule has 0 N–H and O–H groups in total. The van der Waals surface area contributed by atoms with Crippen molar-refractivity contribution in [2.75, 3.05) is 25.6 Å². The van der Waals surface area contributed by atoms with Crippen molar-refractivity contribution in [1.82, 2.24) is 0 Å². The van der Waals surface area contributed by atoms with E-state index in [4.69, 9.17) is 21.9 Å². The molecule has 0 saturated heterocycles. The highest BCUT2D eigenvalue weighted by molar-refractivity contribution is 7.98. The second-order valence-electron chi connectivity index (χ2n) is 8.61. The van der Waals surface area contributed by atoms with Gasteiger partial charge in [-0.15, -0.1) is 0 Å². The van der Waals surface area contributed by atoms with E-state index < -0.39 is 15.6 Å². The fourth-order valence-corrected chi connectivity index (χ4v) is 7.41. The molecule has 0 aliphatic rings. The molecule has 0 saturated carbocycles. The highest BCUT2D eigenvalue weighted by Crippen LogP contribution is 2.67. The second-order valence-corrected chi connectivity index (χ2v) is 13.1. The van der Waals surface area contributed by atoms with Crippen molar-refractivity contribution in [3.05, 3.63) is 0 Å². The van der Waals surface area contributed by atoms with Gasteiger partial charge in [0.2, 0.25) is 0 Å². The number of hydrogen-bond donors (Lipinski definition) is 0. The van der Waals surface area contributed by atoms with Crippen LogP contribution in [0.25, 0.3) is 0 Å². The van der Waals surface area contributed by atoms with E-state index in [-0.39, 0.29) is 19.8 Å². The fraction of sp³-hybridized carbons (Fsp3) is 1.00. The predicted octanol–water partition coefficient (Wildman–Crippen LogP) is 10.3. The monoisotopic (exact) mass is 546 g/mol. The average molecular weight is 547 g/mol. The summed E-state index contributed by atoms with van der Waals surface area (Å²) in [6.07, 6.45) is 15.9. The summed E-state index contributed by atoms with van der Waals surface area (Å²) in [5.41, 5.74) is 0. The summed E-state index contributed by atoms with van der Waals surface area (Å²) < 4.78 is 54.4. The van der Waals surface area contributed by atoms with Crippen LogP contribution in [0.15, 0.2) is 0 Å². The Morgan fingerprint density at radius 2 is 0.882 bits per heavy atom. The summed E-state index contributed by atoms with van der Waals surface area (Å²) in [4.78, 5) is 0. The van der Waals surface area contributed by atoms with Gasteiger partial charge >= 0.3 is 15.6 Å². The minimum Gasteiger partial charge on any atom is -0.287 e. The van der Waals surface area contributed by atoms with Crippen molar-refractivity contribution in [3.8, 4) is 0 Å². The molecule has 0 bridgehead atoms. The lowest BCUT2D eigenvalue weighted by atomic mass is 10.2. The second kappa shape index (κ2) is 24.0. The van der Waals surface area contributed by atoms with Crippen molar-refractivity contribution in [2.45, 2.75) is 130 Å². The van der Waals surface area contributed by atoms with Crippen LogP contribution in [0.4, 0.5) is 0 Å². The topological polar surface area (TPSA) is 80.3 Å². The molecule has 10 heteroatoms. The summed E-state index contributed by atoms with van der Waals surface area (Å²) in [6, 6.07) is 0. The molecule has 0 aliphatic carbocycles.